The molecule has 1 heterocycles. The van der Waals surface area contributed by atoms with E-state index < -0.39 is 43.3 Å². The van der Waals surface area contributed by atoms with Crippen LogP contribution in [-0.4, -0.2) is 63.7 Å². The minimum Gasteiger partial charge on any atom is -0.427 e. The maximum absolute atomic E-state index is 11.8. The fraction of sp³-hybridized carbons (Fsp3) is 0.929. The highest BCUT2D eigenvalue weighted by Gasteiger charge is 2.56. The van der Waals surface area contributed by atoms with Crippen LogP contribution in [0, 0.1) is 0 Å². The van der Waals surface area contributed by atoms with Crippen molar-refractivity contribution < 1.29 is 34.7 Å². The van der Waals surface area contributed by atoms with Gasteiger partial charge in [0.25, 0.3) is 5.79 Å². The number of carbonyl (C=O) groups is 1. The maximum Gasteiger partial charge on any atom is 0.308 e. The molecule has 0 aliphatic carbocycles. The van der Waals surface area contributed by atoms with Gasteiger partial charge in [-0.3, -0.25) is 4.79 Å². The smallest absolute Gasteiger partial charge is 0.308 e. The lowest BCUT2D eigenvalue weighted by Crippen LogP contribution is -2.49. The first-order valence-corrected chi connectivity index (χ1v) is 7.48. The summed E-state index contributed by atoms with van der Waals surface area (Å²) in [4.78, 5) is 11.8. The van der Waals surface area contributed by atoms with Crippen molar-refractivity contribution in [3.8, 4) is 0 Å². The van der Waals surface area contributed by atoms with Crippen LogP contribution < -0.4 is 0 Å². The normalized spacial score (nSPS) is 32.3. The molecule has 4 N–H and O–H groups in total. The van der Waals surface area contributed by atoms with Crippen molar-refractivity contribution in [2.24, 2.45) is 0 Å². The lowest BCUT2D eigenvalue weighted by molar-refractivity contribution is -0.264. The molecule has 7 heteroatoms. The van der Waals surface area contributed by atoms with E-state index in [1.807, 2.05) is 0 Å². The maximum atomic E-state index is 11.8. The van der Waals surface area contributed by atoms with Gasteiger partial charge in [0.2, 0.25) is 0 Å². The zero-order valence-electron chi connectivity index (χ0n) is 12.4. The van der Waals surface area contributed by atoms with Gasteiger partial charge in [0.1, 0.15) is 18.8 Å². The first-order chi connectivity index (χ1) is 10.0. The van der Waals surface area contributed by atoms with Gasteiger partial charge in [0.05, 0.1) is 6.61 Å². The number of rotatable bonds is 9. The zero-order valence-corrected chi connectivity index (χ0v) is 12.4. The Hall–Kier alpha value is -0.730. The van der Waals surface area contributed by atoms with E-state index in [0.29, 0.717) is 6.42 Å². The quantitative estimate of drug-likeness (QED) is 0.341. The molecular weight excluding hydrogens is 280 g/mol. The summed E-state index contributed by atoms with van der Waals surface area (Å²) < 4.78 is 10.2. The molecule has 7 nitrogen and oxygen atoms in total. The molecule has 1 aliphatic rings. The molecular formula is C14H26O7. The van der Waals surface area contributed by atoms with Gasteiger partial charge < -0.3 is 29.9 Å². The third-order valence-corrected chi connectivity index (χ3v) is 3.68. The van der Waals surface area contributed by atoms with Gasteiger partial charge >= 0.3 is 5.97 Å². The van der Waals surface area contributed by atoms with E-state index in [1.165, 1.54) is 0 Å². The van der Waals surface area contributed by atoms with Crippen LogP contribution in [-0.2, 0) is 14.3 Å². The van der Waals surface area contributed by atoms with E-state index in [2.05, 4.69) is 6.92 Å². The number of unbranched alkanes of at least 4 members (excludes halogenated alkanes) is 4. The van der Waals surface area contributed by atoms with Crippen molar-refractivity contribution >= 4 is 5.97 Å². The minimum atomic E-state index is -1.99. The molecule has 1 fully saturated rings. The van der Waals surface area contributed by atoms with Crippen LogP contribution in [0.2, 0.25) is 0 Å². The molecule has 1 unspecified atom stereocenters. The van der Waals surface area contributed by atoms with Gasteiger partial charge in [0, 0.05) is 6.42 Å². The van der Waals surface area contributed by atoms with Crippen LogP contribution >= 0.6 is 0 Å². The summed E-state index contributed by atoms with van der Waals surface area (Å²) in [6, 6.07) is 0. The van der Waals surface area contributed by atoms with Gasteiger partial charge in [-0.05, 0) is 6.42 Å². The summed E-state index contributed by atoms with van der Waals surface area (Å²) in [5, 5.41) is 37.9. The van der Waals surface area contributed by atoms with E-state index >= 15 is 0 Å². The molecule has 0 aromatic heterocycles. The highest BCUT2D eigenvalue weighted by atomic mass is 16.8. The number of carbonyl (C=O) groups excluding carboxylic acids is 1. The Bertz CT molecular complexity index is 322. The van der Waals surface area contributed by atoms with Crippen molar-refractivity contribution in [1.29, 1.82) is 0 Å². The second-order valence-corrected chi connectivity index (χ2v) is 5.38. The van der Waals surface area contributed by atoms with Crippen LogP contribution in [0.5, 0.6) is 0 Å². The van der Waals surface area contributed by atoms with Crippen molar-refractivity contribution in [2.75, 3.05) is 13.2 Å². The largest absolute Gasteiger partial charge is 0.427 e. The minimum absolute atomic E-state index is 0.154. The molecule has 0 amide bonds. The second-order valence-electron chi connectivity index (χ2n) is 5.38. The van der Waals surface area contributed by atoms with Crippen molar-refractivity contribution in [3.05, 3.63) is 0 Å². The Morgan fingerprint density at radius 1 is 1.19 bits per heavy atom. The van der Waals surface area contributed by atoms with Crippen molar-refractivity contribution in [1.82, 2.24) is 0 Å². The lowest BCUT2D eigenvalue weighted by Gasteiger charge is -2.29. The molecule has 0 radical (unpaired) electrons. The molecule has 0 spiro atoms. The monoisotopic (exact) mass is 306 g/mol. The van der Waals surface area contributed by atoms with Gasteiger partial charge in [-0.2, -0.15) is 0 Å². The molecule has 4 atom stereocenters. The van der Waals surface area contributed by atoms with E-state index in [4.69, 9.17) is 14.6 Å². The number of ether oxygens (including phenoxy) is 2. The Labute approximate surface area is 124 Å². The highest BCUT2D eigenvalue weighted by molar-refractivity contribution is 5.69. The van der Waals surface area contributed by atoms with E-state index in [0.717, 1.165) is 25.7 Å². The second kappa shape index (κ2) is 8.65. The number of esters is 1. The number of hydrogen-bond donors (Lipinski definition) is 4. The lowest BCUT2D eigenvalue weighted by atomic mass is 10.1. The zero-order chi connectivity index (χ0) is 15.9. The number of hydrogen-bond acceptors (Lipinski definition) is 7. The molecule has 0 bridgehead atoms. The Balaban J connectivity index is 2.48. The van der Waals surface area contributed by atoms with Gasteiger partial charge in [0.15, 0.2) is 6.10 Å². The summed E-state index contributed by atoms with van der Waals surface area (Å²) in [5.41, 5.74) is 0. The molecule has 0 saturated carbocycles. The van der Waals surface area contributed by atoms with Crippen LogP contribution in [0.1, 0.15) is 45.4 Å². The molecule has 1 aliphatic heterocycles. The summed E-state index contributed by atoms with van der Waals surface area (Å²) in [7, 11) is 0. The standard InChI is InChI=1S/C14H26O7/c1-2-3-4-5-6-7-11(17)21-14(9-16)13(19)12(18)10(8-15)20-14/h10,12-13,15-16,18-19H,2-9H2,1H3/t10-,12-,13+,14?/m1/s1. The Kier molecular flexibility index (Phi) is 7.55. The molecule has 1 rings (SSSR count). The van der Waals surface area contributed by atoms with Crippen LogP contribution in [0.4, 0.5) is 0 Å². The van der Waals surface area contributed by atoms with E-state index in [-0.39, 0.29) is 6.42 Å². The predicted molar refractivity (Wildman–Crippen MR) is 73.3 cm³/mol. The van der Waals surface area contributed by atoms with Crippen LogP contribution in [0.3, 0.4) is 0 Å². The van der Waals surface area contributed by atoms with Crippen LogP contribution in [0.25, 0.3) is 0 Å². The fourth-order valence-electron chi connectivity index (χ4n) is 2.37. The Morgan fingerprint density at radius 2 is 1.86 bits per heavy atom. The average Bonchev–Trinajstić information content (AvgIpc) is 2.72. The first-order valence-electron chi connectivity index (χ1n) is 7.48. The number of aliphatic hydroxyl groups is 4. The van der Waals surface area contributed by atoms with Crippen molar-refractivity contribution in [2.45, 2.75) is 69.5 Å². The summed E-state index contributed by atoms with van der Waals surface area (Å²) in [6.45, 7) is 0.763. The molecule has 0 aromatic carbocycles. The number of aliphatic hydroxyl groups excluding tert-OH is 4. The molecule has 1 saturated heterocycles. The summed E-state index contributed by atoms with van der Waals surface area (Å²) >= 11 is 0. The van der Waals surface area contributed by atoms with Gasteiger partial charge in [-0.25, -0.2) is 0 Å². The third kappa shape index (κ3) is 4.62. The van der Waals surface area contributed by atoms with Crippen molar-refractivity contribution in [3.63, 3.8) is 0 Å². The Morgan fingerprint density at radius 3 is 2.38 bits per heavy atom. The molecule has 21 heavy (non-hydrogen) atoms. The summed E-state index contributed by atoms with van der Waals surface area (Å²) in [6.07, 6.45) is 0.872. The highest BCUT2D eigenvalue weighted by Crippen LogP contribution is 2.32. The SMILES string of the molecule is CCCCCCCC(=O)OC1(CO)O[C@H](CO)[C@@H](O)[C@@H]1O. The molecule has 0 aromatic rings. The summed E-state index contributed by atoms with van der Waals surface area (Å²) in [5.74, 6) is -2.60. The first kappa shape index (κ1) is 18.3. The van der Waals surface area contributed by atoms with Gasteiger partial charge in [-0.15, -0.1) is 0 Å². The fourth-order valence-corrected chi connectivity index (χ4v) is 2.37. The topological polar surface area (TPSA) is 116 Å². The van der Waals surface area contributed by atoms with Gasteiger partial charge in [-0.1, -0.05) is 32.6 Å². The molecule has 124 valence electrons. The van der Waals surface area contributed by atoms with E-state index in [9.17, 15) is 20.1 Å². The predicted octanol–water partition coefficient (Wildman–Crippen LogP) is -0.308. The average molecular weight is 306 g/mol. The van der Waals surface area contributed by atoms with E-state index in [1.54, 1.807) is 0 Å². The third-order valence-electron chi connectivity index (χ3n) is 3.68. The van der Waals surface area contributed by atoms with Crippen LogP contribution in [0.15, 0.2) is 0 Å².